The number of hydrogen-bond acceptors (Lipinski definition) is 3. The molecular weight excluding hydrogens is 246 g/mol. The summed E-state index contributed by atoms with van der Waals surface area (Å²) < 4.78 is 0. The molecule has 0 saturated heterocycles. The van der Waals surface area contributed by atoms with E-state index in [1.165, 1.54) is 5.56 Å². The first-order valence-electron chi connectivity index (χ1n) is 7.18. The minimum atomic E-state index is 0.369. The lowest BCUT2D eigenvalue weighted by atomic mass is 10.0. The van der Waals surface area contributed by atoms with Gasteiger partial charge in [-0.05, 0) is 31.3 Å². The Balaban J connectivity index is 2.17. The van der Waals surface area contributed by atoms with Crippen LogP contribution < -0.4 is 5.32 Å². The zero-order chi connectivity index (χ0) is 14.2. The van der Waals surface area contributed by atoms with Crippen LogP contribution in [0.1, 0.15) is 24.2 Å². The summed E-state index contributed by atoms with van der Waals surface area (Å²) in [5.41, 5.74) is 2.46. The van der Waals surface area contributed by atoms with Crippen molar-refractivity contribution in [2.24, 2.45) is 0 Å². The molecule has 0 aliphatic rings. The summed E-state index contributed by atoms with van der Waals surface area (Å²) in [7, 11) is 2.00. The van der Waals surface area contributed by atoms with Gasteiger partial charge in [-0.25, -0.2) is 0 Å². The Morgan fingerprint density at radius 1 is 1.10 bits per heavy atom. The lowest BCUT2D eigenvalue weighted by Gasteiger charge is -2.30. The smallest absolute Gasteiger partial charge is 0.0544 e. The van der Waals surface area contributed by atoms with Crippen LogP contribution in [0.5, 0.6) is 0 Å². The maximum atomic E-state index is 4.44. The molecule has 2 rings (SSSR count). The van der Waals surface area contributed by atoms with E-state index in [1.54, 1.807) is 0 Å². The van der Waals surface area contributed by atoms with E-state index < -0.39 is 0 Å². The number of benzene rings is 1. The highest BCUT2D eigenvalue weighted by atomic mass is 15.2. The molecule has 1 N–H and O–H groups in total. The molecule has 0 aliphatic carbocycles. The fourth-order valence-electron chi connectivity index (χ4n) is 2.47. The highest BCUT2D eigenvalue weighted by Gasteiger charge is 2.18. The largest absolute Gasteiger partial charge is 0.318 e. The second kappa shape index (κ2) is 7.78. The van der Waals surface area contributed by atoms with Gasteiger partial charge in [0.2, 0.25) is 0 Å². The standard InChI is InChI=1S/C17H23N3/c1-3-20(14-16-11-7-8-12-19-16)17(13-18-2)15-9-5-4-6-10-15/h4-12,17-18H,3,13-14H2,1-2H3. The topological polar surface area (TPSA) is 28.2 Å². The number of rotatable bonds is 7. The lowest BCUT2D eigenvalue weighted by Crippen LogP contribution is -2.34. The summed E-state index contributed by atoms with van der Waals surface area (Å²) in [5.74, 6) is 0. The van der Waals surface area contributed by atoms with E-state index in [9.17, 15) is 0 Å². The highest BCUT2D eigenvalue weighted by Crippen LogP contribution is 2.21. The number of hydrogen-bond donors (Lipinski definition) is 1. The predicted molar refractivity (Wildman–Crippen MR) is 83.4 cm³/mol. The van der Waals surface area contributed by atoms with Crippen LogP contribution in [0.25, 0.3) is 0 Å². The van der Waals surface area contributed by atoms with Gasteiger partial charge in [-0.2, -0.15) is 0 Å². The number of likely N-dealkylation sites (N-methyl/N-ethyl adjacent to an activating group) is 2. The summed E-state index contributed by atoms with van der Waals surface area (Å²) in [6, 6.07) is 17.1. The van der Waals surface area contributed by atoms with Crippen molar-refractivity contribution in [2.45, 2.75) is 19.5 Å². The third kappa shape index (κ3) is 3.89. The minimum Gasteiger partial charge on any atom is -0.318 e. The van der Waals surface area contributed by atoms with E-state index in [0.29, 0.717) is 6.04 Å². The summed E-state index contributed by atoms with van der Waals surface area (Å²) in [6.45, 7) is 5.01. The normalized spacial score (nSPS) is 12.6. The molecule has 0 bridgehead atoms. The molecule has 106 valence electrons. The molecule has 0 saturated carbocycles. The van der Waals surface area contributed by atoms with Crippen molar-refractivity contribution >= 4 is 0 Å². The van der Waals surface area contributed by atoms with Crippen LogP contribution in [0.15, 0.2) is 54.7 Å². The fourth-order valence-corrected chi connectivity index (χ4v) is 2.47. The van der Waals surface area contributed by atoms with Crippen molar-refractivity contribution in [1.82, 2.24) is 15.2 Å². The van der Waals surface area contributed by atoms with Crippen LogP contribution in [-0.2, 0) is 6.54 Å². The van der Waals surface area contributed by atoms with Gasteiger partial charge < -0.3 is 5.32 Å². The van der Waals surface area contributed by atoms with Gasteiger partial charge in [-0.1, -0.05) is 43.3 Å². The zero-order valence-corrected chi connectivity index (χ0v) is 12.3. The second-order valence-corrected chi connectivity index (χ2v) is 4.87. The first-order chi connectivity index (χ1) is 9.85. The number of aromatic nitrogens is 1. The van der Waals surface area contributed by atoms with E-state index in [1.807, 2.05) is 25.4 Å². The molecule has 0 spiro atoms. The van der Waals surface area contributed by atoms with Crippen molar-refractivity contribution in [1.29, 1.82) is 0 Å². The zero-order valence-electron chi connectivity index (χ0n) is 12.3. The number of nitrogens with zero attached hydrogens (tertiary/aromatic N) is 2. The maximum absolute atomic E-state index is 4.44. The molecule has 1 aromatic carbocycles. The van der Waals surface area contributed by atoms with Crippen molar-refractivity contribution < 1.29 is 0 Å². The van der Waals surface area contributed by atoms with Gasteiger partial charge in [0, 0.05) is 25.3 Å². The van der Waals surface area contributed by atoms with Crippen LogP contribution in [0, 0.1) is 0 Å². The van der Waals surface area contributed by atoms with Crippen LogP contribution >= 0.6 is 0 Å². The summed E-state index contributed by atoms with van der Waals surface area (Å²) in [6.07, 6.45) is 1.86. The monoisotopic (exact) mass is 269 g/mol. The SMILES string of the molecule is CCN(Cc1ccccn1)C(CNC)c1ccccc1. The van der Waals surface area contributed by atoms with Crippen molar-refractivity contribution in [2.75, 3.05) is 20.1 Å². The summed E-state index contributed by atoms with van der Waals surface area (Å²) >= 11 is 0. The van der Waals surface area contributed by atoms with Gasteiger partial charge in [0.05, 0.1) is 5.69 Å². The molecule has 0 radical (unpaired) electrons. The Labute approximate surface area is 121 Å². The first-order valence-corrected chi connectivity index (χ1v) is 7.18. The Morgan fingerprint density at radius 2 is 1.85 bits per heavy atom. The van der Waals surface area contributed by atoms with E-state index in [0.717, 1.165) is 25.3 Å². The van der Waals surface area contributed by atoms with E-state index in [2.05, 4.69) is 58.5 Å². The van der Waals surface area contributed by atoms with Crippen LogP contribution in [0.4, 0.5) is 0 Å². The van der Waals surface area contributed by atoms with E-state index in [-0.39, 0.29) is 0 Å². The number of nitrogens with one attached hydrogen (secondary N) is 1. The van der Waals surface area contributed by atoms with Crippen molar-refractivity contribution in [3.63, 3.8) is 0 Å². The predicted octanol–water partition coefficient (Wildman–Crippen LogP) is 2.86. The Morgan fingerprint density at radius 3 is 2.45 bits per heavy atom. The van der Waals surface area contributed by atoms with Crippen LogP contribution in [0.2, 0.25) is 0 Å². The van der Waals surface area contributed by atoms with Gasteiger partial charge in [0.1, 0.15) is 0 Å². The van der Waals surface area contributed by atoms with E-state index in [4.69, 9.17) is 0 Å². The molecule has 2 aromatic rings. The molecular formula is C17H23N3. The highest BCUT2D eigenvalue weighted by molar-refractivity contribution is 5.20. The van der Waals surface area contributed by atoms with Gasteiger partial charge in [0.25, 0.3) is 0 Å². The Bertz CT molecular complexity index is 484. The van der Waals surface area contributed by atoms with Crippen LogP contribution in [0.3, 0.4) is 0 Å². The average molecular weight is 269 g/mol. The molecule has 0 aliphatic heterocycles. The molecule has 1 heterocycles. The van der Waals surface area contributed by atoms with Crippen LogP contribution in [-0.4, -0.2) is 30.0 Å². The minimum absolute atomic E-state index is 0.369. The Hall–Kier alpha value is -1.71. The molecule has 1 aromatic heterocycles. The Kier molecular flexibility index (Phi) is 5.71. The third-order valence-electron chi connectivity index (χ3n) is 3.52. The second-order valence-electron chi connectivity index (χ2n) is 4.87. The van der Waals surface area contributed by atoms with Gasteiger partial charge in [-0.3, -0.25) is 9.88 Å². The molecule has 0 amide bonds. The third-order valence-corrected chi connectivity index (χ3v) is 3.52. The number of pyridine rings is 1. The molecule has 1 atom stereocenters. The molecule has 3 heteroatoms. The molecule has 1 unspecified atom stereocenters. The first kappa shape index (κ1) is 14.7. The van der Waals surface area contributed by atoms with E-state index >= 15 is 0 Å². The molecule has 3 nitrogen and oxygen atoms in total. The fraction of sp³-hybridized carbons (Fsp3) is 0.353. The van der Waals surface area contributed by atoms with Crippen molar-refractivity contribution in [3.8, 4) is 0 Å². The molecule has 20 heavy (non-hydrogen) atoms. The maximum Gasteiger partial charge on any atom is 0.0544 e. The van der Waals surface area contributed by atoms with Gasteiger partial charge >= 0.3 is 0 Å². The summed E-state index contributed by atoms with van der Waals surface area (Å²) in [4.78, 5) is 6.89. The summed E-state index contributed by atoms with van der Waals surface area (Å²) in [5, 5.41) is 3.30. The average Bonchev–Trinajstić information content (AvgIpc) is 2.52. The van der Waals surface area contributed by atoms with Crippen molar-refractivity contribution in [3.05, 3.63) is 66.0 Å². The van der Waals surface area contributed by atoms with Gasteiger partial charge in [0.15, 0.2) is 0 Å². The van der Waals surface area contributed by atoms with Gasteiger partial charge in [-0.15, -0.1) is 0 Å². The quantitative estimate of drug-likeness (QED) is 0.837. The molecule has 0 fully saturated rings. The lowest BCUT2D eigenvalue weighted by molar-refractivity contribution is 0.194.